The summed E-state index contributed by atoms with van der Waals surface area (Å²) < 4.78 is 34.0. The Balaban J connectivity index is 1.56. The summed E-state index contributed by atoms with van der Waals surface area (Å²) in [7, 11) is -3.35. The molecule has 0 radical (unpaired) electrons. The van der Waals surface area contributed by atoms with E-state index < -0.39 is 33.5 Å². The van der Waals surface area contributed by atoms with Crippen LogP contribution in [0.5, 0.6) is 0 Å². The highest BCUT2D eigenvalue weighted by molar-refractivity contribution is 7.91. The summed E-state index contributed by atoms with van der Waals surface area (Å²) in [6.45, 7) is 3.73. The fourth-order valence-electron chi connectivity index (χ4n) is 3.81. The Kier molecular flexibility index (Phi) is 4.74. The molecule has 2 atom stereocenters. The molecule has 8 nitrogen and oxygen atoms in total. The number of aryl methyl sites for hydroxylation is 2. The predicted molar refractivity (Wildman–Crippen MR) is 107 cm³/mol. The number of amides is 1. The van der Waals surface area contributed by atoms with E-state index in [-0.39, 0.29) is 24.3 Å². The highest BCUT2D eigenvalue weighted by Gasteiger charge is 2.37. The van der Waals surface area contributed by atoms with Crippen LogP contribution >= 0.6 is 0 Å². The molecule has 1 amide bonds. The Labute approximate surface area is 166 Å². The van der Waals surface area contributed by atoms with E-state index in [4.69, 9.17) is 8.83 Å². The van der Waals surface area contributed by atoms with E-state index in [0.717, 1.165) is 21.9 Å². The van der Waals surface area contributed by atoms with Crippen molar-refractivity contribution < 1.29 is 27.2 Å². The SMILES string of the molecule is Cc1coc2cc3oc(=O)c(CCC(=O)N[C@@H]4CS(=O)(=O)C[C@@H]4O)c(C)c3cc12. The zero-order chi connectivity index (χ0) is 20.9. The standard InChI is InChI=1S/C20H21NO7S/c1-10-7-27-17-6-18-14(5-13(10)17)11(2)12(20(24)28-18)3-4-19(23)21-15-8-29(25,26)9-16(15)22/h5-7,15-16,22H,3-4,8-9H2,1-2H3,(H,21,23)/t15-,16+/m1/s1. The summed E-state index contributed by atoms with van der Waals surface area (Å²) in [6.07, 6.45) is 0.651. The summed E-state index contributed by atoms with van der Waals surface area (Å²) in [5, 5.41) is 14.0. The Morgan fingerprint density at radius 1 is 1.21 bits per heavy atom. The quantitative estimate of drug-likeness (QED) is 0.611. The smallest absolute Gasteiger partial charge is 0.339 e. The normalized spacial score (nSPS) is 21.1. The molecule has 0 unspecified atom stereocenters. The Bertz CT molecular complexity index is 1290. The van der Waals surface area contributed by atoms with E-state index in [1.165, 1.54) is 0 Å². The van der Waals surface area contributed by atoms with Crippen molar-refractivity contribution in [1.29, 1.82) is 0 Å². The fraction of sp³-hybridized carbons (Fsp3) is 0.400. The van der Waals surface area contributed by atoms with Crippen molar-refractivity contribution in [2.45, 2.75) is 38.8 Å². The summed E-state index contributed by atoms with van der Waals surface area (Å²) in [5.74, 6) is -1.06. The average Bonchev–Trinajstić information content (AvgIpc) is 3.11. The number of fused-ring (bicyclic) bond motifs is 2. The molecule has 0 spiro atoms. The second kappa shape index (κ2) is 7.00. The van der Waals surface area contributed by atoms with Crippen molar-refractivity contribution in [2.75, 3.05) is 11.5 Å². The van der Waals surface area contributed by atoms with Crippen LogP contribution in [-0.4, -0.2) is 43.1 Å². The summed E-state index contributed by atoms with van der Waals surface area (Å²) in [5.41, 5.74) is 2.63. The van der Waals surface area contributed by atoms with Crippen LogP contribution in [0.15, 0.2) is 32.0 Å². The van der Waals surface area contributed by atoms with Crippen molar-refractivity contribution >= 4 is 37.7 Å². The van der Waals surface area contributed by atoms with E-state index in [0.29, 0.717) is 16.7 Å². The van der Waals surface area contributed by atoms with Gasteiger partial charge in [-0.25, -0.2) is 13.2 Å². The number of aliphatic hydroxyl groups excluding tert-OH is 1. The van der Waals surface area contributed by atoms with Gasteiger partial charge in [0.25, 0.3) is 0 Å². The topological polar surface area (TPSA) is 127 Å². The lowest BCUT2D eigenvalue weighted by Gasteiger charge is -2.15. The van der Waals surface area contributed by atoms with Crippen molar-refractivity contribution in [3.63, 3.8) is 0 Å². The van der Waals surface area contributed by atoms with Crippen LogP contribution < -0.4 is 10.9 Å². The van der Waals surface area contributed by atoms with Gasteiger partial charge < -0.3 is 19.3 Å². The first kappa shape index (κ1) is 19.7. The third-order valence-electron chi connectivity index (χ3n) is 5.45. The molecular formula is C20H21NO7S. The molecule has 3 heterocycles. The zero-order valence-electron chi connectivity index (χ0n) is 16.0. The maximum Gasteiger partial charge on any atom is 0.339 e. The van der Waals surface area contributed by atoms with Gasteiger partial charge in [0.05, 0.1) is 29.9 Å². The summed E-state index contributed by atoms with van der Waals surface area (Å²) in [4.78, 5) is 24.7. The van der Waals surface area contributed by atoms with E-state index in [9.17, 15) is 23.1 Å². The number of carbonyl (C=O) groups is 1. The van der Waals surface area contributed by atoms with Crippen LogP contribution in [0.3, 0.4) is 0 Å². The second-order valence-electron chi connectivity index (χ2n) is 7.57. The third-order valence-corrected chi connectivity index (χ3v) is 7.16. The van der Waals surface area contributed by atoms with Gasteiger partial charge in [-0.2, -0.15) is 0 Å². The maximum atomic E-state index is 12.4. The lowest BCUT2D eigenvalue weighted by Crippen LogP contribution is -2.42. The molecule has 4 rings (SSSR count). The third kappa shape index (κ3) is 3.67. The van der Waals surface area contributed by atoms with Crippen LogP contribution in [0.1, 0.15) is 23.1 Å². The minimum atomic E-state index is -3.35. The second-order valence-corrected chi connectivity index (χ2v) is 9.73. The van der Waals surface area contributed by atoms with Gasteiger partial charge in [0.1, 0.15) is 11.2 Å². The highest BCUT2D eigenvalue weighted by atomic mass is 32.2. The lowest BCUT2D eigenvalue weighted by molar-refractivity contribution is -0.122. The first-order valence-electron chi connectivity index (χ1n) is 9.26. The average molecular weight is 419 g/mol. The minimum Gasteiger partial charge on any atom is -0.464 e. The first-order chi connectivity index (χ1) is 13.6. The van der Waals surface area contributed by atoms with Crippen molar-refractivity contribution in [3.05, 3.63) is 45.5 Å². The Hall–Kier alpha value is -2.65. The molecule has 0 bridgehead atoms. The number of rotatable bonds is 4. The molecule has 1 aromatic carbocycles. The van der Waals surface area contributed by atoms with Gasteiger partial charge in [-0.05, 0) is 37.5 Å². The fourth-order valence-corrected chi connectivity index (χ4v) is 5.55. The molecule has 3 aromatic rings. The number of carbonyl (C=O) groups excluding carboxylic acids is 1. The van der Waals surface area contributed by atoms with E-state index in [1.54, 1.807) is 19.3 Å². The van der Waals surface area contributed by atoms with Gasteiger partial charge in [0, 0.05) is 28.8 Å². The molecule has 29 heavy (non-hydrogen) atoms. The molecule has 2 N–H and O–H groups in total. The van der Waals surface area contributed by atoms with Gasteiger partial charge in [0.15, 0.2) is 9.84 Å². The molecular weight excluding hydrogens is 398 g/mol. The number of benzene rings is 1. The maximum absolute atomic E-state index is 12.4. The van der Waals surface area contributed by atoms with Crippen LogP contribution in [0.2, 0.25) is 0 Å². The van der Waals surface area contributed by atoms with Gasteiger partial charge in [0.2, 0.25) is 5.91 Å². The van der Waals surface area contributed by atoms with Crippen LogP contribution in [0.25, 0.3) is 21.9 Å². The van der Waals surface area contributed by atoms with Crippen molar-refractivity contribution in [3.8, 4) is 0 Å². The molecule has 0 aliphatic carbocycles. The number of sulfone groups is 1. The summed E-state index contributed by atoms with van der Waals surface area (Å²) in [6, 6.07) is 2.77. The molecule has 154 valence electrons. The van der Waals surface area contributed by atoms with E-state index in [1.807, 2.05) is 13.0 Å². The number of furan rings is 1. The Morgan fingerprint density at radius 3 is 2.66 bits per heavy atom. The van der Waals surface area contributed by atoms with Gasteiger partial charge in [-0.15, -0.1) is 0 Å². The molecule has 9 heteroatoms. The molecule has 1 saturated heterocycles. The van der Waals surface area contributed by atoms with Crippen molar-refractivity contribution in [2.24, 2.45) is 0 Å². The lowest BCUT2D eigenvalue weighted by atomic mass is 10.0. The Morgan fingerprint density at radius 2 is 1.97 bits per heavy atom. The molecule has 1 aliphatic heterocycles. The van der Waals surface area contributed by atoms with Crippen molar-refractivity contribution in [1.82, 2.24) is 5.32 Å². The van der Waals surface area contributed by atoms with Crippen LogP contribution in [0, 0.1) is 13.8 Å². The highest BCUT2D eigenvalue weighted by Crippen LogP contribution is 2.29. The number of hydrogen-bond donors (Lipinski definition) is 2. The summed E-state index contributed by atoms with van der Waals surface area (Å²) >= 11 is 0. The van der Waals surface area contributed by atoms with Gasteiger partial charge in [-0.3, -0.25) is 4.79 Å². The number of nitrogens with one attached hydrogen (secondary N) is 1. The number of aliphatic hydroxyl groups is 1. The minimum absolute atomic E-state index is 0.0205. The molecule has 2 aromatic heterocycles. The predicted octanol–water partition coefficient (Wildman–Crippen LogP) is 1.36. The largest absolute Gasteiger partial charge is 0.464 e. The monoisotopic (exact) mass is 419 g/mol. The van der Waals surface area contributed by atoms with E-state index >= 15 is 0 Å². The zero-order valence-corrected chi connectivity index (χ0v) is 16.8. The van der Waals surface area contributed by atoms with E-state index in [2.05, 4.69) is 5.32 Å². The molecule has 1 fully saturated rings. The van der Waals surface area contributed by atoms with Crippen LogP contribution in [-0.2, 0) is 21.1 Å². The molecule has 1 aliphatic rings. The van der Waals surface area contributed by atoms with Gasteiger partial charge in [-0.1, -0.05) is 0 Å². The van der Waals surface area contributed by atoms with Gasteiger partial charge >= 0.3 is 5.63 Å². The first-order valence-corrected chi connectivity index (χ1v) is 11.1. The number of hydrogen-bond acceptors (Lipinski definition) is 7. The van der Waals surface area contributed by atoms with Crippen LogP contribution in [0.4, 0.5) is 0 Å². The molecule has 0 saturated carbocycles.